The molecule has 84 valence electrons. The Morgan fingerprint density at radius 3 is 2.60 bits per heavy atom. The van der Waals surface area contributed by atoms with Crippen LogP contribution in [0, 0.1) is 12.7 Å². The number of aryl methyl sites for hydroxylation is 1. The average molecular weight is 231 g/mol. The molecule has 0 aliphatic rings. The van der Waals surface area contributed by atoms with Gasteiger partial charge >= 0.3 is 0 Å². The van der Waals surface area contributed by atoms with Crippen molar-refractivity contribution in [2.24, 2.45) is 5.73 Å². The summed E-state index contributed by atoms with van der Waals surface area (Å²) in [6, 6.07) is 4.09. The lowest BCUT2D eigenvalue weighted by Gasteiger charge is -2.06. The normalized spacial score (nSPS) is 11.7. The Hall–Kier alpha value is -0.940. The third-order valence-electron chi connectivity index (χ3n) is 2.11. The molecule has 1 aromatic carbocycles. The van der Waals surface area contributed by atoms with E-state index in [0.29, 0.717) is 11.1 Å². The summed E-state index contributed by atoms with van der Waals surface area (Å²) in [5.41, 5.74) is 6.47. The van der Waals surface area contributed by atoms with Crippen LogP contribution in [0.15, 0.2) is 18.2 Å². The zero-order chi connectivity index (χ0) is 11.5. The molecule has 5 heteroatoms. The van der Waals surface area contributed by atoms with Crippen molar-refractivity contribution >= 4 is 9.84 Å². The van der Waals surface area contributed by atoms with Crippen LogP contribution in [-0.2, 0) is 15.6 Å². The molecule has 0 saturated carbocycles. The van der Waals surface area contributed by atoms with E-state index in [4.69, 9.17) is 5.73 Å². The molecule has 15 heavy (non-hydrogen) atoms. The van der Waals surface area contributed by atoms with E-state index in [-0.39, 0.29) is 23.9 Å². The van der Waals surface area contributed by atoms with E-state index < -0.39 is 9.84 Å². The first kappa shape index (κ1) is 12.1. The Morgan fingerprint density at radius 2 is 2.07 bits per heavy atom. The third-order valence-corrected chi connectivity index (χ3v) is 3.72. The first-order chi connectivity index (χ1) is 6.94. The van der Waals surface area contributed by atoms with Crippen LogP contribution in [0.2, 0.25) is 0 Å². The van der Waals surface area contributed by atoms with E-state index in [1.165, 1.54) is 18.2 Å². The molecule has 2 N–H and O–H groups in total. The zero-order valence-electron chi connectivity index (χ0n) is 8.53. The molecule has 1 rings (SSSR count). The van der Waals surface area contributed by atoms with Gasteiger partial charge in [-0.1, -0.05) is 6.07 Å². The number of benzene rings is 1. The molecule has 0 fully saturated rings. The maximum atomic E-state index is 12.8. The number of halogens is 1. The Morgan fingerprint density at radius 1 is 1.40 bits per heavy atom. The van der Waals surface area contributed by atoms with Crippen molar-refractivity contribution < 1.29 is 12.8 Å². The molecule has 0 bridgehead atoms. The van der Waals surface area contributed by atoms with Crippen molar-refractivity contribution in [3.8, 4) is 0 Å². The minimum atomic E-state index is -3.17. The lowest BCUT2D eigenvalue weighted by molar-refractivity contribution is 0.594. The van der Waals surface area contributed by atoms with Gasteiger partial charge in [0.25, 0.3) is 0 Å². The van der Waals surface area contributed by atoms with E-state index in [0.717, 1.165) is 0 Å². The van der Waals surface area contributed by atoms with Crippen LogP contribution in [0.5, 0.6) is 0 Å². The number of nitrogens with two attached hydrogens (primary N) is 1. The second kappa shape index (κ2) is 4.72. The minimum Gasteiger partial charge on any atom is -0.329 e. The summed E-state index contributed by atoms with van der Waals surface area (Å²) in [5.74, 6) is -0.465. The fourth-order valence-corrected chi connectivity index (χ4v) is 2.61. The van der Waals surface area contributed by atoms with Gasteiger partial charge in [0, 0.05) is 6.54 Å². The van der Waals surface area contributed by atoms with Crippen molar-refractivity contribution in [2.45, 2.75) is 12.7 Å². The highest BCUT2D eigenvalue weighted by Crippen LogP contribution is 2.13. The molecular formula is C10H14FNO2S. The molecule has 0 amide bonds. The second-order valence-electron chi connectivity index (χ2n) is 3.45. The van der Waals surface area contributed by atoms with E-state index in [1.54, 1.807) is 6.92 Å². The maximum absolute atomic E-state index is 12.8. The Labute approximate surface area is 89.0 Å². The highest BCUT2D eigenvalue weighted by atomic mass is 32.2. The average Bonchev–Trinajstić information content (AvgIpc) is 2.09. The second-order valence-corrected chi connectivity index (χ2v) is 5.64. The van der Waals surface area contributed by atoms with Gasteiger partial charge in [-0.15, -0.1) is 0 Å². The molecule has 0 spiro atoms. The summed E-state index contributed by atoms with van der Waals surface area (Å²) in [7, 11) is -3.17. The highest BCUT2D eigenvalue weighted by molar-refractivity contribution is 7.90. The van der Waals surface area contributed by atoms with Crippen molar-refractivity contribution in [1.29, 1.82) is 0 Å². The molecule has 0 heterocycles. The van der Waals surface area contributed by atoms with Gasteiger partial charge < -0.3 is 5.73 Å². The van der Waals surface area contributed by atoms with Crippen molar-refractivity contribution in [3.63, 3.8) is 0 Å². The standard InChI is InChI=1S/C10H14FNO2S/c1-8-6-10(11)3-2-9(8)7-15(13,14)5-4-12/h2-3,6H,4-5,7,12H2,1H3. The highest BCUT2D eigenvalue weighted by Gasteiger charge is 2.12. The van der Waals surface area contributed by atoms with Gasteiger partial charge in [0.2, 0.25) is 0 Å². The molecule has 0 unspecified atom stereocenters. The van der Waals surface area contributed by atoms with E-state index in [1.807, 2.05) is 0 Å². The van der Waals surface area contributed by atoms with Crippen LogP contribution in [0.1, 0.15) is 11.1 Å². The molecule has 0 saturated heterocycles. The summed E-state index contributed by atoms with van der Waals surface area (Å²) in [6.07, 6.45) is 0. The largest absolute Gasteiger partial charge is 0.329 e. The van der Waals surface area contributed by atoms with Gasteiger partial charge in [0.15, 0.2) is 9.84 Å². The number of hydrogen-bond acceptors (Lipinski definition) is 3. The first-order valence-corrected chi connectivity index (χ1v) is 6.42. The SMILES string of the molecule is Cc1cc(F)ccc1CS(=O)(=O)CCN. The molecular weight excluding hydrogens is 217 g/mol. The predicted molar refractivity (Wildman–Crippen MR) is 57.7 cm³/mol. The summed E-state index contributed by atoms with van der Waals surface area (Å²) < 4.78 is 35.7. The van der Waals surface area contributed by atoms with Crippen molar-refractivity contribution in [3.05, 3.63) is 35.1 Å². The van der Waals surface area contributed by atoms with Gasteiger partial charge in [-0.3, -0.25) is 0 Å². The number of hydrogen-bond donors (Lipinski definition) is 1. The Balaban J connectivity index is 2.90. The van der Waals surface area contributed by atoms with Crippen LogP contribution in [0.3, 0.4) is 0 Å². The lowest BCUT2D eigenvalue weighted by atomic mass is 10.1. The van der Waals surface area contributed by atoms with E-state index in [2.05, 4.69) is 0 Å². The third kappa shape index (κ3) is 3.60. The van der Waals surface area contributed by atoms with Crippen LogP contribution in [0.4, 0.5) is 4.39 Å². The summed E-state index contributed by atoms with van der Waals surface area (Å²) in [4.78, 5) is 0. The quantitative estimate of drug-likeness (QED) is 0.841. The minimum absolute atomic E-state index is 0.0379. The smallest absolute Gasteiger partial charge is 0.155 e. The molecule has 0 atom stereocenters. The van der Waals surface area contributed by atoms with E-state index >= 15 is 0 Å². The van der Waals surface area contributed by atoms with Crippen molar-refractivity contribution in [1.82, 2.24) is 0 Å². The fourth-order valence-electron chi connectivity index (χ4n) is 1.31. The summed E-state index contributed by atoms with van der Waals surface area (Å²) >= 11 is 0. The van der Waals surface area contributed by atoms with E-state index in [9.17, 15) is 12.8 Å². The number of sulfone groups is 1. The van der Waals surface area contributed by atoms with Crippen LogP contribution < -0.4 is 5.73 Å². The molecule has 0 aliphatic heterocycles. The number of rotatable bonds is 4. The van der Waals surface area contributed by atoms with Gasteiger partial charge in [0.1, 0.15) is 5.82 Å². The lowest BCUT2D eigenvalue weighted by Crippen LogP contribution is -2.17. The molecule has 0 aromatic heterocycles. The fraction of sp³-hybridized carbons (Fsp3) is 0.400. The van der Waals surface area contributed by atoms with Gasteiger partial charge in [-0.05, 0) is 30.2 Å². The first-order valence-electron chi connectivity index (χ1n) is 4.60. The predicted octanol–water partition coefficient (Wildman–Crippen LogP) is 1.01. The zero-order valence-corrected chi connectivity index (χ0v) is 9.35. The van der Waals surface area contributed by atoms with Crippen molar-refractivity contribution in [2.75, 3.05) is 12.3 Å². The Bertz CT molecular complexity index is 443. The Kier molecular flexibility index (Phi) is 3.82. The van der Waals surface area contributed by atoms with Gasteiger partial charge in [-0.25, -0.2) is 12.8 Å². The molecule has 0 aliphatic carbocycles. The molecule has 0 radical (unpaired) electrons. The van der Waals surface area contributed by atoms with Crippen LogP contribution in [-0.4, -0.2) is 20.7 Å². The summed E-state index contributed by atoms with van der Waals surface area (Å²) in [5, 5.41) is 0. The van der Waals surface area contributed by atoms with Crippen LogP contribution in [0.25, 0.3) is 0 Å². The monoisotopic (exact) mass is 231 g/mol. The van der Waals surface area contributed by atoms with Crippen LogP contribution >= 0.6 is 0 Å². The maximum Gasteiger partial charge on any atom is 0.155 e. The summed E-state index contributed by atoms with van der Waals surface area (Å²) in [6.45, 7) is 1.80. The van der Waals surface area contributed by atoms with Gasteiger partial charge in [-0.2, -0.15) is 0 Å². The topological polar surface area (TPSA) is 60.2 Å². The molecule has 1 aromatic rings. The van der Waals surface area contributed by atoms with Gasteiger partial charge in [0.05, 0.1) is 11.5 Å². The molecule has 3 nitrogen and oxygen atoms in total.